The molecule has 8 nitrogen and oxygen atoms in total. The highest BCUT2D eigenvalue weighted by Crippen LogP contribution is 2.61. The number of nitro groups is 1. The topological polar surface area (TPSA) is 105 Å². The smallest absolute Gasteiger partial charge is 0.269 e. The van der Waals surface area contributed by atoms with Crippen molar-refractivity contribution in [2.45, 2.75) is 17.5 Å². The number of ketones is 1. The predicted octanol–water partition coefficient (Wildman–Crippen LogP) is 3.81. The summed E-state index contributed by atoms with van der Waals surface area (Å²) in [6.45, 7) is 0. The van der Waals surface area contributed by atoms with Gasteiger partial charge in [0.2, 0.25) is 5.91 Å². The Balaban J connectivity index is 1.62. The van der Waals surface area contributed by atoms with Gasteiger partial charge in [-0.05, 0) is 23.8 Å². The van der Waals surface area contributed by atoms with Crippen LogP contribution in [-0.4, -0.2) is 44.2 Å². The summed E-state index contributed by atoms with van der Waals surface area (Å²) in [4.78, 5) is 45.5. The number of nitrogens with one attached hydrogen (secondary N) is 1. The molecule has 2 saturated heterocycles. The molecule has 1 N–H and O–H groups in total. The molecule has 4 atom stereocenters. The lowest BCUT2D eigenvalue weighted by Gasteiger charge is -2.36. The van der Waals surface area contributed by atoms with Crippen molar-refractivity contribution in [2.75, 3.05) is 16.9 Å². The van der Waals surface area contributed by atoms with Crippen LogP contribution >= 0.6 is 11.8 Å². The summed E-state index contributed by atoms with van der Waals surface area (Å²) >= 11 is 1.71. The summed E-state index contributed by atoms with van der Waals surface area (Å²) in [6, 6.07) is 17.3. The summed E-state index contributed by atoms with van der Waals surface area (Å²) in [7, 11) is 0. The van der Waals surface area contributed by atoms with Crippen molar-refractivity contribution in [3.8, 4) is 0 Å². The molecule has 1 amide bonds. The van der Waals surface area contributed by atoms with E-state index in [4.69, 9.17) is 0 Å². The molecule has 2 fully saturated rings. The Kier molecular flexibility index (Phi) is 4.79. The van der Waals surface area contributed by atoms with E-state index in [9.17, 15) is 19.7 Å². The zero-order valence-corrected chi connectivity index (χ0v) is 18.8. The normalized spacial score (nSPS) is 27.4. The summed E-state index contributed by atoms with van der Waals surface area (Å²) in [6.07, 6.45) is 3.13. The second kappa shape index (κ2) is 7.75. The third-order valence-corrected chi connectivity index (χ3v) is 8.26. The van der Waals surface area contributed by atoms with Crippen molar-refractivity contribution in [3.63, 3.8) is 0 Å². The Labute approximate surface area is 199 Å². The second-order valence-electron chi connectivity index (χ2n) is 8.76. The van der Waals surface area contributed by atoms with Gasteiger partial charge in [0, 0.05) is 64.9 Å². The maximum atomic E-state index is 14.2. The number of carbonyl (C=O) groups excluding carboxylic acids is 2. The number of carbonyl (C=O) groups is 2. The Morgan fingerprint density at radius 1 is 1.18 bits per heavy atom. The predicted molar refractivity (Wildman–Crippen MR) is 128 cm³/mol. The molecule has 3 aromatic rings. The molecule has 2 aromatic carbocycles. The van der Waals surface area contributed by atoms with Crippen molar-refractivity contribution in [3.05, 3.63) is 99.9 Å². The monoisotopic (exact) mass is 472 g/mol. The summed E-state index contributed by atoms with van der Waals surface area (Å²) in [5, 5.41) is 14.6. The summed E-state index contributed by atoms with van der Waals surface area (Å²) < 4.78 is 0. The standard InChI is InChI=1S/C25H20N4O4S/c30-23(16-6-4-10-26-12-16)22-21(15-5-3-7-17(11-15)29(32)33)20-13-34-14-28(20)25(22)18-8-1-2-9-19(18)27-24(25)31/h1-12,20-22H,13-14H2,(H,27,31)/t20-,21-,22+,25-/m1/s1. The molecule has 0 saturated carbocycles. The molecule has 3 aliphatic rings. The fourth-order valence-corrected chi connectivity index (χ4v) is 7.26. The van der Waals surface area contributed by atoms with Crippen LogP contribution in [-0.2, 0) is 10.3 Å². The van der Waals surface area contributed by atoms with Gasteiger partial charge in [-0.25, -0.2) is 0 Å². The van der Waals surface area contributed by atoms with E-state index >= 15 is 0 Å². The number of non-ortho nitro benzene ring substituents is 1. The molecular formula is C25H20N4O4S. The minimum absolute atomic E-state index is 0.0282. The number of nitrogens with zero attached hydrogens (tertiary/aromatic N) is 3. The van der Waals surface area contributed by atoms with Gasteiger partial charge >= 0.3 is 0 Å². The molecule has 0 aliphatic carbocycles. The highest BCUT2D eigenvalue weighted by atomic mass is 32.2. The average Bonchev–Trinajstić information content (AvgIpc) is 3.52. The molecule has 1 spiro atoms. The van der Waals surface area contributed by atoms with Gasteiger partial charge in [-0.1, -0.05) is 30.3 Å². The Morgan fingerprint density at radius 3 is 2.82 bits per heavy atom. The fourth-order valence-electron chi connectivity index (χ4n) is 5.94. The van der Waals surface area contributed by atoms with Gasteiger partial charge in [0.05, 0.1) is 10.8 Å². The number of amides is 1. The van der Waals surface area contributed by atoms with Crippen molar-refractivity contribution >= 4 is 34.8 Å². The lowest BCUT2D eigenvalue weighted by molar-refractivity contribution is -0.384. The third kappa shape index (κ3) is 2.80. The second-order valence-corrected chi connectivity index (χ2v) is 9.76. The first-order valence-electron chi connectivity index (χ1n) is 11.0. The van der Waals surface area contributed by atoms with Crippen LogP contribution in [0.3, 0.4) is 0 Å². The van der Waals surface area contributed by atoms with E-state index in [0.29, 0.717) is 22.7 Å². The van der Waals surface area contributed by atoms with E-state index in [1.807, 2.05) is 30.3 Å². The highest BCUT2D eigenvalue weighted by Gasteiger charge is 2.69. The van der Waals surface area contributed by atoms with Crippen LogP contribution in [0.2, 0.25) is 0 Å². The molecule has 34 heavy (non-hydrogen) atoms. The number of Topliss-reactive ketones (excluding diaryl/α,β-unsaturated/α-hetero) is 1. The van der Waals surface area contributed by atoms with Crippen molar-refractivity contribution in [1.82, 2.24) is 9.88 Å². The zero-order chi connectivity index (χ0) is 23.4. The SMILES string of the molecule is O=C(c1cccnc1)[C@@H]1[C@H](c2cccc([N+](=O)[O-])c2)[C@H]2CSCN2[C@@]12C(=O)Nc1ccccc12. The number of aromatic nitrogens is 1. The van der Waals surface area contributed by atoms with Crippen LogP contribution in [0.25, 0.3) is 0 Å². The van der Waals surface area contributed by atoms with Gasteiger partial charge in [-0.2, -0.15) is 0 Å². The van der Waals surface area contributed by atoms with E-state index in [-0.39, 0.29) is 23.4 Å². The molecule has 1 aromatic heterocycles. The van der Waals surface area contributed by atoms with Gasteiger partial charge in [-0.3, -0.25) is 29.6 Å². The minimum Gasteiger partial charge on any atom is -0.324 e. The molecule has 170 valence electrons. The molecular weight excluding hydrogens is 452 g/mol. The zero-order valence-electron chi connectivity index (χ0n) is 18.0. The van der Waals surface area contributed by atoms with Crippen LogP contribution in [0.5, 0.6) is 0 Å². The number of para-hydroxylation sites is 1. The Bertz CT molecular complexity index is 1330. The number of hydrogen-bond acceptors (Lipinski definition) is 7. The van der Waals surface area contributed by atoms with Crippen molar-refractivity contribution < 1.29 is 14.5 Å². The van der Waals surface area contributed by atoms with E-state index in [0.717, 1.165) is 11.3 Å². The van der Waals surface area contributed by atoms with Crippen LogP contribution in [0.1, 0.15) is 27.4 Å². The highest BCUT2D eigenvalue weighted by molar-refractivity contribution is 7.99. The van der Waals surface area contributed by atoms with Crippen molar-refractivity contribution in [1.29, 1.82) is 0 Å². The number of anilines is 1. The first-order chi connectivity index (χ1) is 16.5. The maximum Gasteiger partial charge on any atom is 0.269 e. The van der Waals surface area contributed by atoms with Crippen LogP contribution < -0.4 is 5.32 Å². The molecule has 0 bridgehead atoms. The van der Waals surface area contributed by atoms with E-state index in [2.05, 4.69) is 15.2 Å². The minimum atomic E-state index is -1.20. The van der Waals surface area contributed by atoms with E-state index < -0.39 is 22.3 Å². The molecule has 0 unspecified atom stereocenters. The number of rotatable bonds is 4. The molecule has 0 radical (unpaired) electrons. The quantitative estimate of drug-likeness (QED) is 0.350. The molecule has 3 aliphatic heterocycles. The van der Waals surface area contributed by atoms with Crippen LogP contribution in [0, 0.1) is 16.0 Å². The largest absolute Gasteiger partial charge is 0.324 e. The Hall–Kier alpha value is -3.56. The van der Waals surface area contributed by atoms with E-state index in [1.54, 1.807) is 42.2 Å². The molecule has 4 heterocycles. The lowest BCUT2D eigenvalue weighted by atomic mass is 9.69. The summed E-state index contributed by atoms with van der Waals surface area (Å²) in [5.41, 5.74) is 1.37. The average molecular weight is 473 g/mol. The molecule has 6 rings (SSSR count). The van der Waals surface area contributed by atoms with Gasteiger partial charge < -0.3 is 5.32 Å². The van der Waals surface area contributed by atoms with Crippen LogP contribution in [0.4, 0.5) is 11.4 Å². The van der Waals surface area contributed by atoms with Gasteiger partial charge in [0.25, 0.3) is 5.69 Å². The van der Waals surface area contributed by atoms with Crippen molar-refractivity contribution in [2.24, 2.45) is 5.92 Å². The third-order valence-electron chi connectivity index (χ3n) is 7.22. The number of nitro benzene ring substituents is 1. The number of pyridine rings is 1. The maximum absolute atomic E-state index is 14.2. The molecule has 9 heteroatoms. The first-order valence-corrected chi connectivity index (χ1v) is 12.1. The number of hydrogen-bond donors (Lipinski definition) is 1. The fraction of sp³-hybridized carbons (Fsp3) is 0.240. The van der Waals surface area contributed by atoms with Gasteiger partial charge in [0.1, 0.15) is 5.54 Å². The van der Waals surface area contributed by atoms with Gasteiger partial charge in [-0.15, -0.1) is 11.8 Å². The lowest BCUT2D eigenvalue weighted by Crippen LogP contribution is -2.52. The number of benzene rings is 2. The number of thioether (sulfide) groups is 1. The van der Waals surface area contributed by atoms with Gasteiger partial charge in [0.15, 0.2) is 5.78 Å². The first kappa shape index (κ1) is 21.0. The Morgan fingerprint density at radius 2 is 2.03 bits per heavy atom. The number of fused-ring (bicyclic) bond motifs is 4. The summed E-state index contributed by atoms with van der Waals surface area (Å²) in [5.74, 6) is -0.268. The van der Waals surface area contributed by atoms with Crippen LogP contribution in [0.15, 0.2) is 73.1 Å². The van der Waals surface area contributed by atoms with E-state index in [1.165, 1.54) is 12.3 Å².